The maximum absolute atomic E-state index is 9.24. The van der Waals surface area contributed by atoms with E-state index in [9.17, 15) is 20.4 Å². The van der Waals surface area contributed by atoms with Gasteiger partial charge < -0.3 is 20.4 Å². The van der Waals surface area contributed by atoms with Crippen LogP contribution in [0.1, 0.15) is 44.9 Å². The molecule has 4 saturated carbocycles. The van der Waals surface area contributed by atoms with Crippen molar-refractivity contribution in [3.05, 3.63) is 0 Å². The molecular formula is C16H28O4. The second kappa shape index (κ2) is 5.56. The van der Waals surface area contributed by atoms with Crippen LogP contribution in [-0.2, 0) is 0 Å². The molecule has 4 aliphatic rings. The average Bonchev–Trinajstić information content (AvgIpc) is 3.22. The molecule has 116 valence electrons. The summed E-state index contributed by atoms with van der Waals surface area (Å²) >= 11 is 0. The molecule has 4 nitrogen and oxygen atoms in total. The third-order valence-electron chi connectivity index (χ3n) is 6.56. The van der Waals surface area contributed by atoms with E-state index in [2.05, 4.69) is 0 Å². The van der Waals surface area contributed by atoms with Gasteiger partial charge in [0.25, 0.3) is 0 Å². The van der Waals surface area contributed by atoms with E-state index in [-0.39, 0.29) is 18.6 Å². The van der Waals surface area contributed by atoms with Crippen molar-refractivity contribution in [3.63, 3.8) is 0 Å². The van der Waals surface area contributed by atoms with Crippen LogP contribution in [0.15, 0.2) is 0 Å². The molecule has 4 fully saturated rings. The van der Waals surface area contributed by atoms with E-state index >= 15 is 0 Å². The van der Waals surface area contributed by atoms with Gasteiger partial charge in [-0.15, -0.1) is 0 Å². The summed E-state index contributed by atoms with van der Waals surface area (Å²) in [6, 6.07) is 0. The van der Waals surface area contributed by atoms with Crippen LogP contribution in [-0.4, -0.2) is 45.8 Å². The predicted molar refractivity (Wildman–Crippen MR) is 74.9 cm³/mol. The van der Waals surface area contributed by atoms with Gasteiger partial charge in [-0.2, -0.15) is 0 Å². The molecular weight excluding hydrogens is 256 g/mol. The van der Waals surface area contributed by atoms with Crippen LogP contribution in [0.25, 0.3) is 0 Å². The van der Waals surface area contributed by atoms with Crippen molar-refractivity contribution in [2.75, 3.05) is 13.2 Å². The van der Waals surface area contributed by atoms with E-state index in [0.717, 1.165) is 31.6 Å². The topological polar surface area (TPSA) is 80.9 Å². The van der Waals surface area contributed by atoms with Gasteiger partial charge in [0.05, 0.1) is 25.4 Å². The minimum absolute atomic E-state index is 0.0943. The monoisotopic (exact) mass is 284 g/mol. The lowest BCUT2D eigenvalue weighted by Crippen LogP contribution is -2.35. The summed E-state index contributed by atoms with van der Waals surface area (Å²) in [5, 5.41) is 36.8. The van der Waals surface area contributed by atoms with Gasteiger partial charge in [0.2, 0.25) is 0 Å². The fraction of sp³-hybridized carbons (Fsp3) is 1.00. The Balaban J connectivity index is 0.000000123. The number of hydrogen-bond acceptors (Lipinski definition) is 4. The molecule has 4 N–H and O–H groups in total. The molecule has 4 bridgehead atoms. The Morgan fingerprint density at radius 2 is 1.40 bits per heavy atom. The summed E-state index contributed by atoms with van der Waals surface area (Å²) in [5.41, 5.74) is -0.0943. The Kier molecular flexibility index (Phi) is 4.10. The van der Waals surface area contributed by atoms with Crippen molar-refractivity contribution in [1.82, 2.24) is 0 Å². The summed E-state index contributed by atoms with van der Waals surface area (Å²) in [6.07, 6.45) is 7.38. The predicted octanol–water partition coefficient (Wildman–Crippen LogP) is 0.915. The van der Waals surface area contributed by atoms with Gasteiger partial charge in [0.15, 0.2) is 0 Å². The first-order chi connectivity index (χ1) is 9.59. The molecule has 0 aliphatic heterocycles. The Morgan fingerprint density at radius 3 is 1.65 bits per heavy atom. The molecule has 20 heavy (non-hydrogen) atoms. The standard InChI is InChI=1S/C9H16O2.C7H12O2/c10-5-9(6-11)4-7-1-2-8(9)3-7;8-6-4-1-2-5(3-4)7(6)9/h7-8,10-11H,1-6H2;4-9H,1-3H2. The third kappa shape index (κ3) is 2.31. The highest BCUT2D eigenvalue weighted by Gasteiger charge is 2.50. The average molecular weight is 284 g/mol. The number of rotatable bonds is 2. The highest BCUT2D eigenvalue weighted by atomic mass is 16.3. The van der Waals surface area contributed by atoms with E-state index in [1.54, 1.807) is 0 Å². The molecule has 0 saturated heterocycles. The zero-order chi connectivity index (χ0) is 14.3. The first kappa shape index (κ1) is 14.8. The smallest absolute Gasteiger partial charge is 0.0830 e. The van der Waals surface area contributed by atoms with E-state index in [1.807, 2.05) is 0 Å². The molecule has 6 unspecified atom stereocenters. The summed E-state index contributed by atoms with van der Waals surface area (Å²) in [4.78, 5) is 0. The SMILES string of the molecule is OC1C2CCC(C2)C1O.OCC1(CO)CC2CCC1C2. The molecule has 0 spiro atoms. The van der Waals surface area contributed by atoms with Crippen molar-refractivity contribution in [1.29, 1.82) is 0 Å². The van der Waals surface area contributed by atoms with Crippen LogP contribution in [0, 0.1) is 29.1 Å². The van der Waals surface area contributed by atoms with E-state index in [0.29, 0.717) is 17.8 Å². The molecule has 4 aliphatic carbocycles. The molecule has 0 amide bonds. The first-order valence-electron chi connectivity index (χ1n) is 8.17. The highest BCUT2D eigenvalue weighted by Crippen LogP contribution is 2.55. The van der Waals surface area contributed by atoms with Gasteiger partial charge in [0.1, 0.15) is 0 Å². The minimum Gasteiger partial charge on any atom is -0.396 e. The van der Waals surface area contributed by atoms with Gasteiger partial charge in [-0.1, -0.05) is 6.42 Å². The van der Waals surface area contributed by atoms with Crippen molar-refractivity contribution in [2.45, 2.75) is 57.2 Å². The second-order valence-electron chi connectivity index (χ2n) is 7.57. The van der Waals surface area contributed by atoms with Crippen molar-refractivity contribution in [2.24, 2.45) is 29.1 Å². The summed E-state index contributed by atoms with van der Waals surface area (Å²) in [7, 11) is 0. The van der Waals surface area contributed by atoms with E-state index < -0.39 is 12.2 Å². The quantitative estimate of drug-likeness (QED) is 0.608. The van der Waals surface area contributed by atoms with E-state index in [1.165, 1.54) is 19.3 Å². The van der Waals surface area contributed by atoms with Crippen molar-refractivity contribution < 1.29 is 20.4 Å². The number of hydrogen-bond donors (Lipinski definition) is 4. The zero-order valence-corrected chi connectivity index (χ0v) is 12.1. The minimum atomic E-state index is -0.399. The number of aliphatic hydroxyl groups excluding tert-OH is 4. The fourth-order valence-corrected chi connectivity index (χ4v) is 5.23. The zero-order valence-electron chi connectivity index (χ0n) is 12.1. The van der Waals surface area contributed by atoms with Crippen LogP contribution in [0.2, 0.25) is 0 Å². The van der Waals surface area contributed by atoms with Crippen LogP contribution >= 0.6 is 0 Å². The molecule has 4 rings (SSSR count). The Morgan fingerprint density at radius 1 is 0.800 bits per heavy atom. The van der Waals surface area contributed by atoms with E-state index in [4.69, 9.17) is 0 Å². The fourth-order valence-electron chi connectivity index (χ4n) is 5.23. The van der Waals surface area contributed by atoms with Gasteiger partial charge >= 0.3 is 0 Å². The first-order valence-corrected chi connectivity index (χ1v) is 8.17. The Hall–Kier alpha value is -0.160. The normalized spacial score (nSPS) is 47.4. The molecule has 0 heterocycles. The summed E-state index contributed by atoms with van der Waals surface area (Å²) in [6.45, 7) is 0.370. The highest BCUT2D eigenvalue weighted by molar-refractivity contribution is 4.99. The van der Waals surface area contributed by atoms with Gasteiger partial charge in [-0.05, 0) is 62.2 Å². The maximum Gasteiger partial charge on any atom is 0.0830 e. The summed E-state index contributed by atoms with van der Waals surface area (Å²) < 4.78 is 0. The molecule has 0 aromatic carbocycles. The van der Waals surface area contributed by atoms with Crippen LogP contribution in [0.5, 0.6) is 0 Å². The van der Waals surface area contributed by atoms with Gasteiger partial charge in [0, 0.05) is 5.41 Å². The molecule has 6 atom stereocenters. The van der Waals surface area contributed by atoms with Crippen LogP contribution in [0.4, 0.5) is 0 Å². The van der Waals surface area contributed by atoms with Crippen LogP contribution in [0.3, 0.4) is 0 Å². The maximum atomic E-state index is 9.24. The summed E-state index contributed by atoms with van der Waals surface area (Å²) in [5.74, 6) is 2.26. The largest absolute Gasteiger partial charge is 0.396 e. The van der Waals surface area contributed by atoms with Gasteiger partial charge in [-0.3, -0.25) is 0 Å². The molecule has 4 heteroatoms. The number of aliphatic hydroxyl groups is 4. The Labute approximate surface area is 120 Å². The van der Waals surface area contributed by atoms with Gasteiger partial charge in [-0.25, -0.2) is 0 Å². The second-order valence-corrected chi connectivity index (χ2v) is 7.57. The molecule has 0 aromatic heterocycles. The molecule has 0 radical (unpaired) electrons. The lowest BCUT2D eigenvalue weighted by atomic mass is 9.74. The lowest BCUT2D eigenvalue weighted by Gasteiger charge is -2.33. The number of fused-ring (bicyclic) bond motifs is 4. The lowest BCUT2D eigenvalue weighted by molar-refractivity contribution is -0.0160. The third-order valence-corrected chi connectivity index (χ3v) is 6.56. The van der Waals surface area contributed by atoms with Crippen LogP contribution < -0.4 is 0 Å². The molecule has 0 aromatic rings. The Bertz CT molecular complexity index is 323. The van der Waals surface area contributed by atoms with Crippen molar-refractivity contribution in [3.8, 4) is 0 Å². The van der Waals surface area contributed by atoms with Crippen molar-refractivity contribution >= 4 is 0 Å².